The molecule has 0 aromatic carbocycles. The molecule has 2 aromatic heterocycles. The van der Waals surface area contributed by atoms with Crippen molar-refractivity contribution in [2.45, 2.75) is 0 Å². The number of hydrogen-bond acceptors (Lipinski definition) is 4. The van der Waals surface area contributed by atoms with E-state index < -0.39 is 0 Å². The Hall–Kier alpha value is -1.46. The van der Waals surface area contributed by atoms with Gasteiger partial charge in [-0.3, -0.25) is 9.78 Å². The highest BCUT2D eigenvalue weighted by atomic mass is 35.5. The first-order chi connectivity index (χ1) is 7.31. The second-order valence-electron chi connectivity index (χ2n) is 2.65. The summed E-state index contributed by atoms with van der Waals surface area (Å²) in [6.45, 7) is 0. The Balaban J connectivity index is 2.40. The van der Waals surface area contributed by atoms with Crippen LogP contribution in [0.1, 0.15) is 0 Å². The highest BCUT2D eigenvalue weighted by Gasteiger charge is 2.10. The third kappa shape index (κ3) is 2.14. The van der Waals surface area contributed by atoms with Crippen LogP contribution in [-0.2, 0) is 4.79 Å². The van der Waals surface area contributed by atoms with E-state index in [2.05, 4.69) is 15.3 Å². The smallest absolute Gasteiger partial charge is 0.213 e. The van der Waals surface area contributed by atoms with Gasteiger partial charge in [0.05, 0.1) is 0 Å². The molecule has 0 radical (unpaired) electrons. The Labute approximate surface area is 94.9 Å². The Kier molecular flexibility index (Phi) is 2.94. The highest BCUT2D eigenvalue weighted by molar-refractivity contribution is 7.20. The number of amides is 1. The van der Waals surface area contributed by atoms with Crippen LogP contribution in [0.4, 0.5) is 5.13 Å². The maximum absolute atomic E-state index is 10.2. The second kappa shape index (κ2) is 4.37. The Morgan fingerprint density at radius 3 is 3.07 bits per heavy atom. The fourth-order valence-electron chi connectivity index (χ4n) is 1.09. The molecular weight excluding hydrogens is 234 g/mol. The van der Waals surface area contributed by atoms with Crippen molar-refractivity contribution in [1.82, 2.24) is 9.97 Å². The zero-order chi connectivity index (χ0) is 10.7. The number of carbonyl (C=O) groups is 1. The highest BCUT2D eigenvalue weighted by Crippen LogP contribution is 2.34. The van der Waals surface area contributed by atoms with Gasteiger partial charge in [-0.15, -0.1) is 0 Å². The topological polar surface area (TPSA) is 54.9 Å². The van der Waals surface area contributed by atoms with Crippen molar-refractivity contribution >= 4 is 34.5 Å². The van der Waals surface area contributed by atoms with Crippen molar-refractivity contribution in [3.05, 3.63) is 28.9 Å². The van der Waals surface area contributed by atoms with Gasteiger partial charge in [0.2, 0.25) is 6.41 Å². The molecule has 4 nitrogen and oxygen atoms in total. The van der Waals surface area contributed by atoms with Crippen molar-refractivity contribution in [3.8, 4) is 11.3 Å². The summed E-state index contributed by atoms with van der Waals surface area (Å²) in [6, 6.07) is 3.66. The summed E-state index contributed by atoms with van der Waals surface area (Å²) >= 11 is 7.21. The SMILES string of the molecule is O=CNc1nc(-c2cccnc2)c(Cl)s1. The summed E-state index contributed by atoms with van der Waals surface area (Å²) in [6.07, 6.45) is 3.92. The predicted octanol–water partition coefficient (Wildman–Crippen LogP) is 2.43. The monoisotopic (exact) mass is 239 g/mol. The summed E-state index contributed by atoms with van der Waals surface area (Å²) < 4.78 is 0.535. The van der Waals surface area contributed by atoms with E-state index in [0.29, 0.717) is 21.6 Å². The first kappa shape index (κ1) is 10.1. The first-order valence-electron chi connectivity index (χ1n) is 4.08. The number of nitrogens with zero attached hydrogens (tertiary/aromatic N) is 2. The van der Waals surface area contributed by atoms with Gasteiger partial charge >= 0.3 is 0 Å². The van der Waals surface area contributed by atoms with Crippen LogP contribution in [0, 0.1) is 0 Å². The van der Waals surface area contributed by atoms with Crippen LogP contribution in [0.15, 0.2) is 24.5 Å². The molecule has 0 unspecified atom stereocenters. The average Bonchev–Trinajstić information content (AvgIpc) is 2.61. The van der Waals surface area contributed by atoms with Gasteiger partial charge < -0.3 is 5.32 Å². The van der Waals surface area contributed by atoms with Gasteiger partial charge in [-0.1, -0.05) is 22.9 Å². The van der Waals surface area contributed by atoms with E-state index >= 15 is 0 Å². The zero-order valence-corrected chi connectivity index (χ0v) is 9.05. The number of carbonyl (C=O) groups excluding carboxylic acids is 1. The minimum absolute atomic E-state index is 0.480. The van der Waals surface area contributed by atoms with Crippen molar-refractivity contribution in [3.63, 3.8) is 0 Å². The molecule has 0 aliphatic heterocycles. The quantitative estimate of drug-likeness (QED) is 0.837. The van der Waals surface area contributed by atoms with Crippen LogP contribution >= 0.6 is 22.9 Å². The van der Waals surface area contributed by atoms with Gasteiger partial charge in [0, 0.05) is 18.0 Å². The predicted molar refractivity (Wildman–Crippen MR) is 60.0 cm³/mol. The molecule has 1 amide bonds. The Bertz CT molecular complexity index is 471. The molecule has 2 rings (SSSR count). The zero-order valence-electron chi connectivity index (χ0n) is 7.48. The minimum Gasteiger partial charge on any atom is -0.305 e. The number of pyridine rings is 1. The molecule has 2 heterocycles. The van der Waals surface area contributed by atoms with Gasteiger partial charge in [-0.05, 0) is 12.1 Å². The van der Waals surface area contributed by atoms with E-state index in [1.165, 1.54) is 11.3 Å². The van der Waals surface area contributed by atoms with Gasteiger partial charge in [-0.25, -0.2) is 4.98 Å². The molecule has 6 heteroatoms. The van der Waals surface area contributed by atoms with E-state index in [4.69, 9.17) is 11.6 Å². The number of aromatic nitrogens is 2. The Morgan fingerprint density at radius 2 is 2.40 bits per heavy atom. The summed E-state index contributed by atoms with van der Waals surface area (Å²) in [7, 11) is 0. The summed E-state index contributed by atoms with van der Waals surface area (Å²) in [5.74, 6) is 0. The lowest BCUT2D eigenvalue weighted by molar-refractivity contribution is -0.105. The van der Waals surface area contributed by atoms with E-state index in [0.717, 1.165) is 5.56 Å². The fraction of sp³-hybridized carbons (Fsp3) is 0. The first-order valence-corrected chi connectivity index (χ1v) is 5.27. The standard InChI is InChI=1S/C9H6ClN3OS/c10-8-7(6-2-1-3-11-4-6)13-9(15-8)12-5-14/h1-5H,(H,12,13,14). The summed E-state index contributed by atoms with van der Waals surface area (Å²) in [4.78, 5) is 18.4. The van der Waals surface area contributed by atoms with E-state index in [9.17, 15) is 4.79 Å². The summed E-state index contributed by atoms with van der Waals surface area (Å²) in [5.41, 5.74) is 1.47. The molecule has 0 atom stereocenters. The molecule has 0 spiro atoms. The number of anilines is 1. The number of rotatable bonds is 3. The van der Waals surface area contributed by atoms with Crippen LogP contribution in [0.5, 0.6) is 0 Å². The minimum atomic E-state index is 0.480. The molecule has 76 valence electrons. The molecule has 0 saturated heterocycles. The van der Waals surface area contributed by atoms with Crippen molar-refractivity contribution in [2.24, 2.45) is 0 Å². The van der Waals surface area contributed by atoms with Gasteiger partial charge in [-0.2, -0.15) is 0 Å². The molecule has 15 heavy (non-hydrogen) atoms. The normalized spacial score (nSPS) is 9.93. The van der Waals surface area contributed by atoms with E-state index in [-0.39, 0.29) is 0 Å². The maximum Gasteiger partial charge on any atom is 0.213 e. The number of hydrogen-bond donors (Lipinski definition) is 1. The molecule has 0 bridgehead atoms. The van der Waals surface area contributed by atoms with Crippen molar-refractivity contribution in [1.29, 1.82) is 0 Å². The lowest BCUT2D eigenvalue weighted by Crippen LogP contribution is -1.92. The third-order valence-corrected chi connectivity index (χ3v) is 2.89. The average molecular weight is 240 g/mol. The molecule has 0 fully saturated rings. The molecule has 2 aromatic rings. The molecule has 0 saturated carbocycles. The molecular formula is C9H6ClN3OS. The number of halogens is 1. The fourth-order valence-corrected chi connectivity index (χ4v) is 2.14. The van der Waals surface area contributed by atoms with Crippen LogP contribution in [0.2, 0.25) is 4.34 Å². The van der Waals surface area contributed by atoms with Crippen LogP contribution in [-0.4, -0.2) is 16.4 Å². The lowest BCUT2D eigenvalue weighted by Gasteiger charge is -1.94. The van der Waals surface area contributed by atoms with Gasteiger partial charge in [0.15, 0.2) is 5.13 Å². The van der Waals surface area contributed by atoms with Crippen molar-refractivity contribution in [2.75, 3.05) is 5.32 Å². The number of thiazole rings is 1. The summed E-state index contributed by atoms with van der Waals surface area (Å²) in [5, 5.41) is 2.94. The van der Waals surface area contributed by atoms with Gasteiger partial charge in [0.25, 0.3) is 0 Å². The van der Waals surface area contributed by atoms with Crippen LogP contribution in [0.3, 0.4) is 0 Å². The molecule has 1 N–H and O–H groups in total. The van der Waals surface area contributed by atoms with Crippen LogP contribution in [0.25, 0.3) is 11.3 Å². The van der Waals surface area contributed by atoms with Gasteiger partial charge in [0.1, 0.15) is 10.0 Å². The largest absolute Gasteiger partial charge is 0.305 e. The third-order valence-electron chi connectivity index (χ3n) is 1.70. The van der Waals surface area contributed by atoms with Crippen LogP contribution < -0.4 is 5.32 Å². The van der Waals surface area contributed by atoms with E-state index in [1.54, 1.807) is 18.5 Å². The second-order valence-corrected chi connectivity index (χ2v) is 4.25. The Morgan fingerprint density at radius 1 is 1.53 bits per heavy atom. The molecule has 0 aliphatic rings. The maximum atomic E-state index is 10.2. The number of nitrogens with one attached hydrogen (secondary N) is 1. The van der Waals surface area contributed by atoms with Crippen molar-refractivity contribution < 1.29 is 4.79 Å². The lowest BCUT2D eigenvalue weighted by atomic mass is 10.2. The van der Waals surface area contributed by atoms with E-state index in [1.807, 2.05) is 6.07 Å². The molecule has 0 aliphatic carbocycles.